The maximum absolute atomic E-state index is 10.8. The first-order valence-electron chi connectivity index (χ1n) is 7.56. The van der Waals surface area contributed by atoms with Gasteiger partial charge in [-0.2, -0.15) is 0 Å². The van der Waals surface area contributed by atoms with E-state index in [1.807, 2.05) is 66.1 Å². The lowest BCUT2D eigenvalue weighted by atomic mass is 10.0. The molecule has 4 rings (SSSR count). The van der Waals surface area contributed by atoms with Crippen LogP contribution in [0.15, 0.2) is 73.1 Å². The van der Waals surface area contributed by atoms with E-state index in [1.165, 1.54) is 0 Å². The number of benzene rings is 2. The van der Waals surface area contributed by atoms with E-state index in [1.54, 1.807) is 6.20 Å². The molecular weight excluding hydrogens is 284 g/mol. The number of aromatic hydroxyl groups is 1. The van der Waals surface area contributed by atoms with Crippen LogP contribution in [-0.4, -0.2) is 14.5 Å². The van der Waals surface area contributed by atoms with Crippen molar-refractivity contribution in [2.75, 3.05) is 0 Å². The molecule has 0 aliphatic heterocycles. The molecular formula is C20H16N2O. The molecule has 23 heavy (non-hydrogen) atoms. The molecule has 2 heterocycles. The topological polar surface area (TPSA) is 37.5 Å². The summed E-state index contributed by atoms with van der Waals surface area (Å²) >= 11 is 0. The lowest BCUT2D eigenvalue weighted by Crippen LogP contribution is -1.92. The first kappa shape index (κ1) is 13.6. The van der Waals surface area contributed by atoms with Crippen molar-refractivity contribution in [1.82, 2.24) is 9.38 Å². The third-order valence-electron chi connectivity index (χ3n) is 4.03. The van der Waals surface area contributed by atoms with Crippen LogP contribution in [0.25, 0.3) is 27.9 Å². The Bertz CT molecular complexity index is 973. The molecule has 0 aliphatic rings. The minimum absolute atomic E-state index is 0.266. The molecule has 4 aromatic rings. The monoisotopic (exact) mass is 300 g/mol. The number of hydrogen-bond acceptors (Lipinski definition) is 2. The van der Waals surface area contributed by atoms with Gasteiger partial charge in [-0.15, -0.1) is 0 Å². The van der Waals surface area contributed by atoms with Crippen LogP contribution in [0.2, 0.25) is 0 Å². The summed E-state index contributed by atoms with van der Waals surface area (Å²) in [5, 5.41) is 10.8. The van der Waals surface area contributed by atoms with Crippen LogP contribution in [0.5, 0.6) is 5.75 Å². The zero-order chi connectivity index (χ0) is 15.8. The fourth-order valence-electron chi connectivity index (χ4n) is 2.99. The Kier molecular flexibility index (Phi) is 3.12. The van der Waals surface area contributed by atoms with Crippen molar-refractivity contribution in [1.29, 1.82) is 0 Å². The zero-order valence-electron chi connectivity index (χ0n) is 12.8. The van der Waals surface area contributed by atoms with Gasteiger partial charge in [-0.1, -0.05) is 60.7 Å². The predicted molar refractivity (Wildman–Crippen MR) is 92.5 cm³/mol. The summed E-state index contributed by atoms with van der Waals surface area (Å²) in [5.74, 6) is 0.266. The van der Waals surface area contributed by atoms with Crippen LogP contribution in [0, 0.1) is 6.92 Å². The quantitative estimate of drug-likeness (QED) is 0.583. The van der Waals surface area contributed by atoms with Gasteiger partial charge in [0.15, 0.2) is 5.75 Å². The van der Waals surface area contributed by atoms with Crippen molar-refractivity contribution in [3.05, 3.63) is 78.8 Å². The van der Waals surface area contributed by atoms with Crippen molar-refractivity contribution in [3.63, 3.8) is 0 Å². The molecule has 0 fully saturated rings. The minimum Gasteiger partial charge on any atom is -0.505 e. The van der Waals surface area contributed by atoms with E-state index in [9.17, 15) is 5.11 Å². The third-order valence-corrected chi connectivity index (χ3v) is 4.03. The normalized spacial score (nSPS) is 11.0. The molecule has 0 radical (unpaired) electrons. The fraction of sp³-hybridized carbons (Fsp3) is 0.0500. The molecule has 3 nitrogen and oxygen atoms in total. The lowest BCUT2D eigenvalue weighted by molar-refractivity contribution is 0.483. The van der Waals surface area contributed by atoms with Gasteiger partial charge in [-0.3, -0.25) is 4.98 Å². The molecule has 1 N–H and O–H groups in total. The number of rotatable bonds is 2. The predicted octanol–water partition coefficient (Wildman–Crippen LogP) is 4.68. The molecule has 2 aromatic carbocycles. The molecule has 0 spiro atoms. The van der Waals surface area contributed by atoms with Gasteiger partial charge in [0.05, 0.1) is 23.1 Å². The summed E-state index contributed by atoms with van der Waals surface area (Å²) in [6.07, 6.45) is 3.69. The number of aryl methyl sites for hydroxylation is 1. The number of aromatic nitrogens is 2. The second-order valence-electron chi connectivity index (χ2n) is 5.59. The van der Waals surface area contributed by atoms with Gasteiger partial charge in [-0.05, 0) is 18.1 Å². The van der Waals surface area contributed by atoms with Gasteiger partial charge in [0.25, 0.3) is 0 Å². The molecule has 0 aliphatic carbocycles. The molecule has 0 bridgehead atoms. The summed E-state index contributed by atoms with van der Waals surface area (Å²) in [6.45, 7) is 1.95. The summed E-state index contributed by atoms with van der Waals surface area (Å²) in [4.78, 5) is 4.33. The maximum atomic E-state index is 10.8. The Morgan fingerprint density at radius 1 is 0.870 bits per heavy atom. The van der Waals surface area contributed by atoms with Crippen molar-refractivity contribution in [2.45, 2.75) is 6.92 Å². The molecule has 2 aromatic heterocycles. The molecule has 0 saturated heterocycles. The average molecular weight is 300 g/mol. The summed E-state index contributed by atoms with van der Waals surface area (Å²) in [5.41, 5.74) is 5.49. The molecule has 0 unspecified atom stereocenters. The summed E-state index contributed by atoms with van der Waals surface area (Å²) in [6, 6.07) is 20.1. The van der Waals surface area contributed by atoms with E-state index in [4.69, 9.17) is 0 Å². The highest BCUT2D eigenvalue weighted by atomic mass is 16.3. The van der Waals surface area contributed by atoms with Crippen LogP contribution in [0.4, 0.5) is 0 Å². The SMILES string of the molecule is Cc1cn2c(-c3ccccc3)c(-c3ccccc3)c(O)c2cn1. The van der Waals surface area contributed by atoms with E-state index in [-0.39, 0.29) is 5.75 Å². The second-order valence-corrected chi connectivity index (χ2v) is 5.59. The Balaban J connectivity index is 2.15. The van der Waals surface area contributed by atoms with Gasteiger partial charge in [0.1, 0.15) is 5.52 Å². The molecule has 0 saturated carbocycles. The number of nitrogens with zero attached hydrogens (tertiary/aromatic N) is 2. The zero-order valence-corrected chi connectivity index (χ0v) is 12.8. The second kappa shape index (κ2) is 5.29. The fourth-order valence-corrected chi connectivity index (χ4v) is 2.99. The van der Waals surface area contributed by atoms with Crippen molar-refractivity contribution in [3.8, 4) is 28.1 Å². The standard InChI is InChI=1S/C20H16N2O/c1-14-13-22-17(12-21-14)20(23)18(15-8-4-2-5-9-15)19(22)16-10-6-3-7-11-16/h2-13,23H,1H3. The summed E-state index contributed by atoms with van der Waals surface area (Å²) < 4.78 is 2.02. The van der Waals surface area contributed by atoms with E-state index in [2.05, 4.69) is 17.1 Å². The molecule has 3 heteroatoms. The highest BCUT2D eigenvalue weighted by Gasteiger charge is 2.20. The first-order valence-corrected chi connectivity index (χ1v) is 7.56. The van der Waals surface area contributed by atoms with Gasteiger partial charge in [0.2, 0.25) is 0 Å². The Hall–Kier alpha value is -3.07. The van der Waals surface area contributed by atoms with Crippen molar-refractivity contribution in [2.24, 2.45) is 0 Å². The van der Waals surface area contributed by atoms with Gasteiger partial charge < -0.3 is 9.51 Å². The van der Waals surface area contributed by atoms with Gasteiger partial charge in [0, 0.05) is 6.20 Å². The highest BCUT2D eigenvalue weighted by Crippen LogP contribution is 2.43. The summed E-state index contributed by atoms with van der Waals surface area (Å²) in [7, 11) is 0. The van der Waals surface area contributed by atoms with Crippen LogP contribution < -0.4 is 0 Å². The van der Waals surface area contributed by atoms with E-state index < -0.39 is 0 Å². The van der Waals surface area contributed by atoms with Crippen LogP contribution in [0.3, 0.4) is 0 Å². The van der Waals surface area contributed by atoms with E-state index in [0.717, 1.165) is 28.1 Å². The maximum Gasteiger partial charge on any atom is 0.151 e. The average Bonchev–Trinajstić information content (AvgIpc) is 2.88. The lowest BCUT2D eigenvalue weighted by Gasteiger charge is -2.07. The molecule has 0 amide bonds. The van der Waals surface area contributed by atoms with Crippen LogP contribution >= 0.6 is 0 Å². The Morgan fingerprint density at radius 3 is 2.13 bits per heavy atom. The largest absolute Gasteiger partial charge is 0.505 e. The minimum atomic E-state index is 0.266. The van der Waals surface area contributed by atoms with Gasteiger partial charge in [-0.25, -0.2) is 0 Å². The van der Waals surface area contributed by atoms with Crippen LogP contribution in [-0.2, 0) is 0 Å². The van der Waals surface area contributed by atoms with Crippen molar-refractivity contribution < 1.29 is 5.11 Å². The number of hydrogen-bond donors (Lipinski definition) is 1. The first-order chi connectivity index (χ1) is 11.3. The number of fused-ring (bicyclic) bond motifs is 1. The molecule has 112 valence electrons. The molecule has 0 atom stereocenters. The van der Waals surface area contributed by atoms with Crippen LogP contribution in [0.1, 0.15) is 5.69 Å². The Labute approximate surface area is 134 Å². The smallest absolute Gasteiger partial charge is 0.151 e. The van der Waals surface area contributed by atoms with E-state index in [0.29, 0.717) is 5.52 Å². The van der Waals surface area contributed by atoms with E-state index >= 15 is 0 Å². The highest BCUT2D eigenvalue weighted by molar-refractivity contribution is 5.93. The van der Waals surface area contributed by atoms with Crippen molar-refractivity contribution >= 4 is 5.52 Å². The Morgan fingerprint density at radius 2 is 1.48 bits per heavy atom. The van der Waals surface area contributed by atoms with Gasteiger partial charge >= 0.3 is 0 Å². The third kappa shape index (κ3) is 2.18.